The summed E-state index contributed by atoms with van der Waals surface area (Å²) in [5.41, 5.74) is 16.6. The molecule has 4 atom stereocenters. The first-order valence-corrected chi connectivity index (χ1v) is 31.3. The first-order chi connectivity index (χ1) is 40.2. The number of Topliss-reactive ketones (excluding diaryl/α,β-unsaturated/α-hetero) is 2. The van der Waals surface area contributed by atoms with Crippen LogP contribution in [0.4, 0.5) is 5.69 Å². The Kier molecular flexibility index (Phi) is 12.0. The summed E-state index contributed by atoms with van der Waals surface area (Å²) >= 11 is 0. The number of ether oxygens (including phenoxy) is 3. The standard InChI is InChI=1S/C71H74N5O6/c1-71-70(80-3)55(41-59(82-71)75-53-28-11-9-24-46(53)63-62-48(32-33-57(62)78)61-47-25-10-12-29-54(47)76(71)67(61)66(63)75)72(2)58(79)31-8-6-4-5-7-30-56(77)42-22-17-23-43(38-42)60-51-39-44-20-13-15-34-73-36-18-26-49(64(44)73)68(51)81-69-50-27-19-37-74-35-16-14-21-45(65(50)74)40-52(60)69/h9-12,17,22-25,28-29,38-40,55,59,70H,4-8,13-16,18-21,26-27,30-37,41H2,1-3H3/q+1/t55?,59-,70-,71+/m1/s1. The number of hydrogen-bond donors (Lipinski definition) is 0. The van der Waals surface area contributed by atoms with E-state index in [9.17, 15) is 14.4 Å². The van der Waals surface area contributed by atoms with E-state index in [1.54, 1.807) is 7.11 Å². The van der Waals surface area contributed by atoms with Gasteiger partial charge in [0.1, 0.15) is 36.9 Å². The molecule has 8 aliphatic rings. The van der Waals surface area contributed by atoms with Crippen molar-refractivity contribution in [1.29, 1.82) is 0 Å². The maximum Gasteiger partial charge on any atom is 0.222 e. The average Bonchev–Trinajstić information content (AvgIpc) is 1.61. The summed E-state index contributed by atoms with van der Waals surface area (Å²) < 4.78 is 28.7. The molecule has 6 aromatic carbocycles. The van der Waals surface area contributed by atoms with Gasteiger partial charge in [0, 0.05) is 132 Å². The Labute approximate surface area is 479 Å². The third-order valence-corrected chi connectivity index (χ3v) is 20.8. The number of unbranched alkanes of at least 4 members (excludes halogenated alkanes) is 4. The number of likely N-dealkylation sites (N-methyl/N-ethyl adjacent to an activating group) is 1. The molecular formula is C71H74N5O6+. The van der Waals surface area contributed by atoms with Crippen molar-refractivity contribution in [2.24, 2.45) is 0 Å². The lowest BCUT2D eigenvalue weighted by molar-refractivity contribution is -0.266. The van der Waals surface area contributed by atoms with Gasteiger partial charge in [-0.05, 0) is 125 Å². The van der Waals surface area contributed by atoms with Crippen LogP contribution in [-0.2, 0) is 52.1 Å². The fourth-order valence-corrected chi connectivity index (χ4v) is 17.2. The maximum absolute atomic E-state index is 14.5. The van der Waals surface area contributed by atoms with Crippen LogP contribution in [0.15, 0.2) is 84.9 Å². The van der Waals surface area contributed by atoms with Gasteiger partial charge in [0.15, 0.2) is 17.3 Å². The van der Waals surface area contributed by atoms with Gasteiger partial charge in [-0.25, -0.2) is 4.58 Å². The molecule has 9 heterocycles. The van der Waals surface area contributed by atoms with E-state index in [2.05, 4.69) is 104 Å². The molecule has 7 aliphatic heterocycles. The summed E-state index contributed by atoms with van der Waals surface area (Å²) in [6.07, 6.45) is 17.5. The van der Waals surface area contributed by atoms with Gasteiger partial charge in [-0.1, -0.05) is 73.9 Å². The van der Waals surface area contributed by atoms with Crippen LogP contribution in [0.25, 0.3) is 49.2 Å². The lowest BCUT2D eigenvalue weighted by Crippen LogP contribution is -2.61. The number of rotatable bonds is 12. The Morgan fingerprint density at radius 1 is 0.720 bits per heavy atom. The summed E-state index contributed by atoms with van der Waals surface area (Å²) in [6, 6.07) is 30.1. The van der Waals surface area contributed by atoms with E-state index >= 15 is 0 Å². The first kappa shape index (κ1) is 50.6. The lowest BCUT2D eigenvalue weighted by Gasteiger charge is -2.50. The first-order valence-electron chi connectivity index (χ1n) is 31.3. The number of aromatic nitrogens is 2. The van der Waals surface area contributed by atoms with Crippen molar-refractivity contribution in [2.45, 2.75) is 159 Å². The van der Waals surface area contributed by atoms with Crippen LogP contribution in [0.5, 0.6) is 11.5 Å². The van der Waals surface area contributed by atoms with Crippen molar-refractivity contribution in [3.8, 4) is 11.5 Å². The second-order valence-corrected chi connectivity index (χ2v) is 25.4. The van der Waals surface area contributed by atoms with Crippen molar-refractivity contribution in [3.05, 3.63) is 146 Å². The summed E-state index contributed by atoms with van der Waals surface area (Å²) in [4.78, 5) is 47.3. The van der Waals surface area contributed by atoms with E-state index < -0.39 is 18.1 Å². The van der Waals surface area contributed by atoms with Crippen molar-refractivity contribution in [3.63, 3.8) is 0 Å². The normalized spacial score (nSPS) is 22.2. The Morgan fingerprint density at radius 3 is 2.34 bits per heavy atom. The number of nitrogens with zero attached hydrogens (tertiary/aromatic N) is 5. The molecule has 1 unspecified atom stereocenters. The lowest BCUT2D eigenvalue weighted by atomic mass is 9.84. The second-order valence-electron chi connectivity index (χ2n) is 25.4. The number of carbonyl (C=O) groups excluding carboxylic acids is 3. The SMILES string of the molecule is CO[C@@H]1C(N(C)C(=O)CCCCCCCC(=O)c2cccc(C3=c4cc5c6c(c4Oc4c3cc3c7c4CCCN7CCCC3)CCC[N+]=6CCCC5)c2)C[C@H]2O[C@]1(C)n1c3ccccc3c3c4c(c5c6ccccc6n2c5c31)C(=O)CC4. The number of benzene rings is 6. The number of para-hydroxylation sites is 2. The molecule has 11 nitrogen and oxygen atoms in total. The minimum absolute atomic E-state index is 0.0951. The fourth-order valence-electron chi connectivity index (χ4n) is 17.2. The van der Waals surface area contributed by atoms with Crippen molar-refractivity contribution in [2.75, 3.05) is 45.2 Å². The van der Waals surface area contributed by atoms with Crippen LogP contribution in [0.2, 0.25) is 0 Å². The number of fused-ring (bicyclic) bond motifs is 17. The van der Waals surface area contributed by atoms with Crippen LogP contribution in [0.1, 0.15) is 169 Å². The second kappa shape index (κ2) is 19.5. The highest BCUT2D eigenvalue weighted by Crippen LogP contribution is 2.55. The van der Waals surface area contributed by atoms with Gasteiger partial charge in [0.05, 0.1) is 33.7 Å². The zero-order valence-electron chi connectivity index (χ0n) is 48.0. The molecule has 11 heteroatoms. The molecule has 1 aliphatic carbocycles. The number of aryl methyl sites for hydroxylation is 3. The fraction of sp³-hybridized carbons (Fsp3) is 0.437. The smallest absolute Gasteiger partial charge is 0.222 e. The van der Waals surface area contributed by atoms with E-state index in [-0.39, 0.29) is 23.5 Å². The number of ketones is 2. The number of anilines is 1. The highest BCUT2D eigenvalue weighted by Gasteiger charge is 2.55. The zero-order chi connectivity index (χ0) is 55.1. The minimum atomic E-state index is -0.990. The van der Waals surface area contributed by atoms with E-state index in [0.717, 1.165) is 174 Å². The third-order valence-electron chi connectivity index (χ3n) is 20.8. The predicted molar refractivity (Wildman–Crippen MR) is 323 cm³/mol. The van der Waals surface area contributed by atoms with Gasteiger partial charge in [0.2, 0.25) is 11.3 Å². The zero-order valence-corrected chi connectivity index (χ0v) is 48.0. The van der Waals surface area contributed by atoms with Crippen LogP contribution in [-0.4, -0.2) is 84.0 Å². The molecular weight excluding hydrogens is 1020 g/mol. The minimum Gasteiger partial charge on any atom is -0.455 e. The molecule has 1 amide bonds. The van der Waals surface area contributed by atoms with Crippen LogP contribution < -0.4 is 24.8 Å². The predicted octanol–water partition coefficient (Wildman–Crippen LogP) is 12.3. The van der Waals surface area contributed by atoms with Crippen LogP contribution in [0.3, 0.4) is 0 Å². The van der Waals surface area contributed by atoms with Crippen molar-refractivity contribution < 1.29 is 28.6 Å². The molecule has 0 radical (unpaired) electrons. The molecule has 1 saturated heterocycles. The van der Waals surface area contributed by atoms with E-state index in [1.807, 2.05) is 18.0 Å². The Morgan fingerprint density at radius 2 is 1.48 bits per heavy atom. The molecule has 2 aromatic heterocycles. The molecule has 418 valence electrons. The Bertz CT molecular complexity index is 4220. The number of amides is 1. The van der Waals surface area contributed by atoms with E-state index in [0.29, 0.717) is 32.1 Å². The highest BCUT2D eigenvalue weighted by atomic mass is 16.6. The van der Waals surface area contributed by atoms with Gasteiger partial charge in [0.25, 0.3) is 0 Å². The molecule has 82 heavy (non-hydrogen) atoms. The summed E-state index contributed by atoms with van der Waals surface area (Å²) in [6.45, 7) is 6.60. The maximum atomic E-state index is 14.5. The number of hydrogen-bond acceptors (Lipinski definition) is 7. The van der Waals surface area contributed by atoms with Crippen LogP contribution in [0, 0.1) is 0 Å². The number of methoxy groups -OCH3 is 1. The Balaban J connectivity index is 0.629. The topological polar surface area (TPSA) is 98.2 Å². The average molecular weight is 1090 g/mol. The highest BCUT2D eigenvalue weighted by molar-refractivity contribution is 6.31. The summed E-state index contributed by atoms with van der Waals surface area (Å²) in [5.74, 6) is 2.59. The molecule has 0 saturated carbocycles. The van der Waals surface area contributed by atoms with Crippen molar-refractivity contribution in [1.82, 2.24) is 18.6 Å². The molecule has 16 rings (SSSR count). The Hall–Kier alpha value is -7.08. The molecule has 0 spiro atoms. The van der Waals surface area contributed by atoms with Gasteiger partial charge in [-0.2, -0.15) is 0 Å². The molecule has 0 N–H and O–H groups in total. The molecule has 1 fully saturated rings. The van der Waals surface area contributed by atoms with Gasteiger partial charge < -0.3 is 33.1 Å². The largest absolute Gasteiger partial charge is 0.455 e. The van der Waals surface area contributed by atoms with Crippen molar-refractivity contribution >= 4 is 72.3 Å². The van der Waals surface area contributed by atoms with Gasteiger partial charge >= 0.3 is 0 Å². The molecule has 2 bridgehead atoms. The summed E-state index contributed by atoms with van der Waals surface area (Å²) in [7, 11) is 3.70. The quantitative estimate of drug-likeness (QED) is 0.0683. The van der Waals surface area contributed by atoms with E-state index in [4.69, 9.17) is 14.2 Å². The van der Waals surface area contributed by atoms with Crippen LogP contribution >= 0.6 is 0 Å². The molecule has 8 aromatic rings. The third kappa shape index (κ3) is 7.46. The van der Waals surface area contributed by atoms with E-state index in [1.165, 1.54) is 75.3 Å². The van der Waals surface area contributed by atoms with Gasteiger partial charge in [-0.3, -0.25) is 14.4 Å². The summed E-state index contributed by atoms with van der Waals surface area (Å²) in [5, 5.41) is 6.95. The monoisotopic (exact) mass is 1090 g/mol. The van der Waals surface area contributed by atoms with Gasteiger partial charge in [-0.15, -0.1) is 0 Å². The number of carbonyl (C=O) groups is 3.